The SMILES string of the molecule is Cc1ccc(-c2cc(C(=O)NCC3CCN(C(=O)c4cc(-c5ccc(C)c(C)c5)nc5ccccc45)CC3)c3ccccc3n2)cc1C. The molecule has 7 rings (SSSR count). The summed E-state index contributed by atoms with van der Waals surface area (Å²) in [6, 6.07) is 32.2. The third-order valence-electron chi connectivity index (χ3n) is 9.97. The number of carbonyl (C=O) groups excluding carboxylic acids is 2. The number of hydrogen-bond acceptors (Lipinski definition) is 4. The molecule has 1 saturated heterocycles. The van der Waals surface area contributed by atoms with E-state index in [0.29, 0.717) is 30.8 Å². The third kappa shape index (κ3) is 6.18. The predicted molar refractivity (Wildman–Crippen MR) is 194 cm³/mol. The Morgan fingerprint density at radius 3 is 1.69 bits per heavy atom. The number of para-hydroxylation sites is 2. The fourth-order valence-corrected chi connectivity index (χ4v) is 6.66. The van der Waals surface area contributed by atoms with Gasteiger partial charge in [-0.2, -0.15) is 0 Å². The Bertz CT molecular complexity index is 2200. The highest BCUT2D eigenvalue weighted by Crippen LogP contribution is 2.30. The predicted octanol–water partition coefficient (Wildman–Crippen LogP) is 8.63. The van der Waals surface area contributed by atoms with Gasteiger partial charge in [0.1, 0.15) is 0 Å². The number of likely N-dealkylation sites (tertiary alicyclic amines) is 1. The lowest BCUT2D eigenvalue weighted by molar-refractivity contribution is 0.0686. The van der Waals surface area contributed by atoms with Crippen molar-refractivity contribution in [3.05, 3.63) is 130 Å². The van der Waals surface area contributed by atoms with Gasteiger partial charge in [0.25, 0.3) is 11.8 Å². The molecule has 0 unspecified atom stereocenters. The average molecular weight is 633 g/mol. The number of hydrogen-bond donors (Lipinski definition) is 1. The molecular weight excluding hydrogens is 592 g/mol. The molecule has 240 valence electrons. The average Bonchev–Trinajstić information content (AvgIpc) is 3.11. The monoisotopic (exact) mass is 632 g/mol. The minimum absolute atomic E-state index is 0.0308. The quantitative estimate of drug-likeness (QED) is 0.200. The Hall–Kier alpha value is -5.36. The lowest BCUT2D eigenvalue weighted by Gasteiger charge is -2.32. The van der Waals surface area contributed by atoms with E-state index in [9.17, 15) is 9.59 Å². The summed E-state index contributed by atoms with van der Waals surface area (Å²) in [5, 5.41) is 4.93. The van der Waals surface area contributed by atoms with Crippen molar-refractivity contribution in [2.75, 3.05) is 19.6 Å². The standard InChI is InChI=1S/C42H40N4O2/c1-26-13-15-31(21-28(26)3)39-23-35(33-9-5-7-11-37(33)44-39)41(47)43-25-30-17-19-46(20-18-30)42(48)36-24-40(32-16-14-27(2)29(4)22-32)45-38-12-8-6-10-34(36)38/h5-16,21-24,30H,17-20,25H2,1-4H3,(H,43,47). The van der Waals surface area contributed by atoms with Crippen LogP contribution in [0.25, 0.3) is 44.3 Å². The van der Waals surface area contributed by atoms with E-state index in [4.69, 9.17) is 9.97 Å². The van der Waals surface area contributed by atoms with Gasteiger partial charge in [0.2, 0.25) is 0 Å². The summed E-state index contributed by atoms with van der Waals surface area (Å²) < 4.78 is 0. The van der Waals surface area contributed by atoms with Crippen LogP contribution in [0.2, 0.25) is 0 Å². The molecule has 2 amide bonds. The van der Waals surface area contributed by atoms with Crippen molar-refractivity contribution in [1.29, 1.82) is 0 Å². The number of rotatable bonds is 6. The van der Waals surface area contributed by atoms with Crippen molar-refractivity contribution in [2.45, 2.75) is 40.5 Å². The summed E-state index contributed by atoms with van der Waals surface area (Å²) in [6.45, 7) is 10.2. The van der Waals surface area contributed by atoms with Gasteiger partial charge in [-0.05, 0) is 105 Å². The van der Waals surface area contributed by atoms with Crippen LogP contribution >= 0.6 is 0 Å². The van der Waals surface area contributed by atoms with Gasteiger partial charge in [-0.15, -0.1) is 0 Å². The van der Waals surface area contributed by atoms with Crippen LogP contribution < -0.4 is 5.32 Å². The molecule has 0 saturated carbocycles. The topological polar surface area (TPSA) is 75.2 Å². The Morgan fingerprint density at radius 2 is 1.15 bits per heavy atom. The second kappa shape index (κ2) is 13.0. The van der Waals surface area contributed by atoms with Gasteiger partial charge in [-0.3, -0.25) is 9.59 Å². The molecule has 2 aromatic heterocycles. The molecule has 0 atom stereocenters. The zero-order valence-electron chi connectivity index (χ0n) is 28.0. The van der Waals surface area contributed by atoms with Crippen LogP contribution in [0.15, 0.2) is 97.1 Å². The maximum absolute atomic E-state index is 14.0. The lowest BCUT2D eigenvalue weighted by Crippen LogP contribution is -2.41. The third-order valence-corrected chi connectivity index (χ3v) is 9.97. The van der Waals surface area contributed by atoms with Crippen molar-refractivity contribution in [2.24, 2.45) is 5.92 Å². The normalized spacial score (nSPS) is 13.6. The molecule has 1 fully saturated rings. The van der Waals surface area contributed by atoms with E-state index in [1.807, 2.05) is 65.6 Å². The molecule has 0 spiro atoms. The summed E-state index contributed by atoms with van der Waals surface area (Å²) in [7, 11) is 0. The number of amides is 2. The van der Waals surface area contributed by atoms with Crippen LogP contribution in [0.1, 0.15) is 55.8 Å². The molecule has 1 aliphatic heterocycles. The van der Waals surface area contributed by atoms with Gasteiger partial charge < -0.3 is 10.2 Å². The van der Waals surface area contributed by atoms with Gasteiger partial charge in [0, 0.05) is 41.5 Å². The largest absolute Gasteiger partial charge is 0.352 e. The minimum atomic E-state index is -0.0979. The summed E-state index contributed by atoms with van der Waals surface area (Å²) in [4.78, 5) is 39.4. The number of aryl methyl sites for hydroxylation is 4. The van der Waals surface area contributed by atoms with Gasteiger partial charge in [-0.1, -0.05) is 60.7 Å². The molecule has 6 nitrogen and oxygen atoms in total. The van der Waals surface area contributed by atoms with Crippen LogP contribution in [0.3, 0.4) is 0 Å². The summed E-state index contributed by atoms with van der Waals surface area (Å²) in [6.07, 6.45) is 1.65. The molecule has 3 heterocycles. The first-order valence-corrected chi connectivity index (χ1v) is 16.8. The highest BCUT2D eigenvalue weighted by Gasteiger charge is 2.26. The maximum atomic E-state index is 14.0. The van der Waals surface area contributed by atoms with E-state index in [1.54, 1.807) is 0 Å². The van der Waals surface area contributed by atoms with E-state index < -0.39 is 0 Å². The smallest absolute Gasteiger partial charge is 0.254 e. The number of nitrogens with zero attached hydrogens (tertiary/aromatic N) is 3. The number of pyridine rings is 2. The Labute approximate surface area is 281 Å². The molecule has 6 heteroatoms. The highest BCUT2D eigenvalue weighted by atomic mass is 16.2. The van der Waals surface area contributed by atoms with E-state index >= 15 is 0 Å². The van der Waals surface area contributed by atoms with Crippen molar-refractivity contribution in [3.8, 4) is 22.5 Å². The van der Waals surface area contributed by atoms with Crippen LogP contribution in [-0.2, 0) is 0 Å². The van der Waals surface area contributed by atoms with Gasteiger partial charge in [0.15, 0.2) is 0 Å². The number of piperidine rings is 1. The molecule has 0 aliphatic carbocycles. The zero-order chi connectivity index (χ0) is 33.4. The fourth-order valence-electron chi connectivity index (χ4n) is 6.66. The van der Waals surface area contributed by atoms with Crippen molar-refractivity contribution < 1.29 is 9.59 Å². The molecule has 1 N–H and O–H groups in total. The summed E-state index contributed by atoms with van der Waals surface area (Å²) in [5.41, 5.74) is 11.4. The molecule has 4 aromatic carbocycles. The Morgan fingerprint density at radius 1 is 0.646 bits per heavy atom. The highest BCUT2D eigenvalue weighted by molar-refractivity contribution is 6.08. The second-order valence-corrected chi connectivity index (χ2v) is 13.2. The molecule has 48 heavy (non-hydrogen) atoms. The Balaban J connectivity index is 1.05. The van der Waals surface area contributed by atoms with Crippen LogP contribution in [0, 0.1) is 33.6 Å². The van der Waals surface area contributed by atoms with E-state index in [1.165, 1.54) is 22.3 Å². The molecule has 6 aromatic rings. The first-order valence-electron chi connectivity index (χ1n) is 16.8. The van der Waals surface area contributed by atoms with Crippen molar-refractivity contribution >= 4 is 33.6 Å². The first kappa shape index (κ1) is 31.3. The summed E-state index contributed by atoms with van der Waals surface area (Å²) in [5.74, 6) is 0.216. The van der Waals surface area contributed by atoms with E-state index in [2.05, 4.69) is 69.4 Å². The number of benzene rings is 4. The van der Waals surface area contributed by atoms with Crippen LogP contribution in [0.5, 0.6) is 0 Å². The van der Waals surface area contributed by atoms with Crippen molar-refractivity contribution in [3.63, 3.8) is 0 Å². The van der Waals surface area contributed by atoms with E-state index in [-0.39, 0.29) is 17.7 Å². The Kier molecular flexibility index (Phi) is 8.49. The number of fused-ring (bicyclic) bond motifs is 2. The molecular formula is C42H40N4O2. The summed E-state index contributed by atoms with van der Waals surface area (Å²) >= 11 is 0. The minimum Gasteiger partial charge on any atom is -0.352 e. The van der Waals surface area contributed by atoms with Gasteiger partial charge in [0.05, 0.1) is 33.5 Å². The van der Waals surface area contributed by atoms with Crippen molar-refractivity contribution in [1.82, 2.24) is 20.2 Å². The van der Waals surface area contributed by atoms with Crippen LogP contribution in [-0.4, -0.2) is 46.3 Å². The van der Waals surface area contributed by atoms with Gasteiger partial charge >= 0.3 is 0 Å². The molecule has 0 radical (unpaired) electrons. The zero-order valence-corrected chi connectivity index (χ0v) is 28.0. The number of nitrogens with one attached hydrogen (secondary N) is 1. The molecule has 0 bridgehead atoms. The fraction of sp³-hybridized carbons (Fsp3) is 0.238. The number of carbonyl (C=O) groups is 2. The maximum Gasteiger partial charge on any atom is 0.254 e. The number of aromatic nitrogens is 2. The molecule has 1 aliphatic rings. The second-order valence-electron chi connectivity index (χ2n) is 13.2. The first-order chi connectivity index (χ1) is 23.2. The van der Waals surface area contributed by atoms with Crippen LogP contribution in [0.4, 0.5) is 0 Å². The van der Waals surface area contributed by atoms with Gasteiger partial charge in [-0.25, -0.2) is 9.97 Å². The lowest BCUT2D eigenvalue weighted by atomic mass is 9.95. The van der Waals surface area contributed by atoms with E-state index in [0.717, 1.165) is 57.2 Å².